The third-order valence-electron chi connectivity index (χ3n) is 3.49. The highest BCUT2D eigenvalue weighted by Gasteiger charge is 2.13. The molecule has 0 fully saturated rings. The third kappa shape index (κ3) is 6.51. The van der Waals surface area contributed by atoms with Gasteiger partial charge in [0, 0.05) is 20.3 Å². The molecule has 0 aliphatic rings. The monoisotopic (exact) mass is 279 g/mol. The van der Waals surface area contributed by atoms with Crippen molar-refractivity contribution >= 4 is 0 Å². The summed E-state index contributed by atoms with van der Waals surface area (Å²) >= 11 is 0. The Morgan fingerprint density at radius 2 is 1.95 bits per heavy atom. The van der Waals surface area contributed by atoms with Crippen LogP contribution in [0.15, 0.2) is 24.3 Å². The predicted molar refractivity (Wildman–Crippen MR) is 84.4 cm³/mol. The van der Waals surface area contributed by atoms with Crippen LogP contribution in [0.5, 0.6) is 0 Å². The van der Waals surface area contributed by atoms with Gasteiger partial charge in [0.2, 0.25) is 0 Å². The van der Waals surface area contributed by atoms with Gasteiger partial charge in [-0.15, -0.1) is 0 Å². The standard InChI is InChI=1S/C17H29NO2/c1-4-10-18-14-16(9-11-20-13-12-19-3)17-8-6-5-7-15(17)2/h5-8,16,18H,4,9-14H2,1-3H3. The van der Waals surface area contributed by atoms with E-state index in [2.05, 4.69) is 43.4 Å². The lowest BCUT2D eigenvalue weighted by molar-refractivity contribution is 0.0669. The summed E-state index contributed by atoms with van der Waals surface area (Å²) in [7, 11) is 1.70. The minimum Gasteiger partial charge on any atom is -0.382 e. The van der Waals surface area contributed by atoms with Crippen molar-refractivity contribution in [2.75, 3.05) is 40.0 Å². The Morgan fingerprint density at radius 3 is 2.65 bits per heavy atom. The molecule has 0 radical (unpaired) electrons. The summed E-state index contributed by atoms with van der Waals surface area (Å²) in [6.45, 7) is 8.62. The molecular formula is C17H29NO2. The molecule has 1 aromatic rings. The van der Waals surface area contributed by atoms with Gasteiger partial charge in [-0.3, -0.25) is 0 Å². The van der Waals surface area contributed by atoms with Gasteiger partial charge >= 0.3 is 0 Å². The average Bonchev–Trinajstić information content (AvgIpc) is 2.46. The second-order valence-corrected chi connectivity index (χ2v) is 5.15. The van der Waals surface area contributed by atoms with Gasteiger partial charge in [0.1, 0.15) is 0 Å². The molecule has 0 aromatic heterocycles. The first-order valence-electron chi connectivity index (χ1n) is 7.62. The molecule has 114 valence electrons. The maximum absolute atomic E-state index is 5.62. The van der Waals surface area contributed by atoms with Crippen LogP contribution in [0.25, 0.3) is 0 Å². The maximum atomic E-state index is 5.62. The number of aryl methyl sites for hydroxylation is 1. The first-order chi connectivity index (χ1) is 9.79. The predicted octanol–water partition coefficient (Wildman–Crippen LogP) is 3.13. The van der Waals surface area contributed by atoms with E-state index in [4.69, 9.17) is 9.47 Å². The van der Waals surface area contributed by atoms with Gasteiger partial charge in [-0.1, -0.05) is 31.2 Å². The molecule has 0 saturated carbocycles. The van der Waals surface area contributed by atoms with Crippen molar-refractivity contribution in [2.45, 2.75) is 32.6 Å². The van der Waals surface area contributed by atoms with Crippen molar-refractivity contribution in [1.29, 1.82) is 0 Å². The quantitative estimate of drug-likeness (QED) is 0.631. The second-order valence-electron chi connectivity index (χ2n) is 5.15. The van der Waals surface area contributed by atoms with E-state index in [1.165, 1.54) is 17.5 Å². The van der Waals surface area contributed by atoms with E-state index in [9.17, 15) is 0 Å². The highest BCUT2D eigenvalue weighted by Crippen LogP contribution is 2.22. The number of methoxy groups -OCH3 is 1. The molecule has 1 unspecified atom stereocenters. The summed E-state index contributed by atoms with van der Waals surface area (Å²) in [5.41, 5.74) is 2.80. The smallest absolute Gasteiger partial charge is 0.0700 e. The zero-order valence-corrected chi connectivity index (χ0v) is 13.2. The molecule has 1 rings (SSSR count). The Hall–Kier alpha value is -0.900. The summed E-state index contributed by atoms with van der Waals surface area (Å²) in [5, 5.41) is 3.53. The van der Waals surface area contributed by atoms with Crippen molar-refractivity contribution in [3.63, 3.8) is 0 Å². The Kier molecular flexibility index (Phi) is 9.29. The van der Waals surface area contributed by atoms with Crippen molar-refractivity contribution in [3.05, 3.63) is 35.4 Å². The average molecular weight is 279 g/mol. The van der Waals surface area contributed by atoms with Gasteiger partial charge in [-0.05, 0) is 43.4 Å². The molecule has 0 saturated heterocycles. The molecule has 1 N–H and O–H groups in total. The van der Waals surface area contributed by atoms with Crippen LogP contribution in [-0.4, -0.2) is 40.0 Å². The van der Waals surface area contributed by atoms with Crippen LogP contribution < -0.4 is 5.32 Å². The number of nitrogens with one attached hydrogen (secondary N) is 1. The Bertz CT molecular complexity index is 355. The lowest BCUT2D eigenvalue weighted by Gasteiger charge is -2.20. The van der Waals surface area contributed by atoms with E-state index in [0.717, 1.165) is 26.1 Å². The van der Waals surface area contributed by atoms with Gasteiger partial charge < -0.3 is 14.8 Å². The summed E-state index contributed by atoms with van der Waals surface area (Å²) < 4.78 is 10.6. The van der Waals surface area contributed by atoms with Crippen LogP contribution >= 0.6 is 0 Å². The van der Waals surface area contributed by atoms with Gasteiger partial charge in [-0.2, -0.15) is 0 Å². The molecule has 0 spiro atoms. The van der Waals surface area contributed by atoms with E-state index < -0.39 is 0 Å². The number of rotatable bonds is 11. The van der Waals surface area contributed by atoms with Gasteiger partial charge in [-0.25, -0.2) is 0 Å². The minimum absolute atomic E-state index is 0.519. The van der Waals surface area contributed by atoms with Gasteiger partial charge in [0.25, 0.3) is 0 Å². The fraction of sp³-hybridized carbons (Fsp3) is 0.647. The van der Waals surface area contributed by atoms with Crippen LogP contribution in [0.3, 0.4) is 0 Å². The first kappa shape index (κ1) is 17.2. The zero-order chi connectivity index (χ0) is 14.6. The number of benzene rings is 1. The van der Waals surface area contributed by atoms with E-state index >= 15 is 0 Å². The van der Waals surface area contributed by atoms with Crippen molar-refractivity contribution in [3.8, 4) is 0 Å². The Morgan fingerprint density at radius 1 is 1.15 bits per heavy atom. The van der Waals surface area contributed by atoms with Crippen LogP contribution in [0, 0.1) is 6.92 Å². The SMILES string of the molecule is CCCNCC(CCOCCOC)c1ccccc1C. The van der Waals surface area contributed by atoms with Crippen LogP contribution in [0.1, 0.15) is 36.8 Å². The lowest BCUT2D eigenvalue weighted by Crippen LogP contribution is -2.24. The van der Waals surface area contributed by atoms with E-state index in [1.54, 1.807) is 7.11 Å². The van der Waals surface area contributed by atoms with Crippen LogP contribution in [-0.2, 0) is 9.47 Å². The maximum Gasteiger partial charge on any atom is 0.0700 e. The van der Waals surface area contributed by atoms with Gasteiger partial charge in [0.05, 0.1) is 13.2 Å². The van der Waals surface area contributed by atoms with E-state index in [0.29, 0.717) is 19.1 Å². The largest absolute Gasteiger partial charge is 0.382 e. The van der Waals surface area contributed by atoms with E-state index in [1.807, 2.05) is 0 Å². The topological polar surface area (TPSA) is 30.5 Å². The molecule has 1 aromatic carbocycles. The summed E-state index contributed by atoms with van der Waals surface area (Å²) in [5.74, 6) is 0.519. The summed E-state index contributed by atoms with van der Waals surface area (Å²) in [4.78, 5) is 0. The molecule has 0 aliphatic carbocycles. The lowest BCUT2D eigenvalue weighted by atomic mass is 9.92. The molecule has 3 nitrogen and oxygen atoms in total. The molecular weight excluding hydrogens is 250 g/mol. The minimum atomic E-state index is 0.519. The Balaban J connectivity index is 2.49. The molecule has 1 atom stereocenters. The molecule has 0 heterocycles. The molecule has 0 bridgehead atoms. The molecule has 0 aliphatic heterocycles. The number of ether oxygens (including phenoxy) is 2. The normalized spacial score (nSPS) is 12.6. The van der Waals surface area contributed by atoms with Crippen LogP contribution in [0.2, 0.25) is 0 Å². The highest BCUT2D eigenvalue weighted by atomic mass is 16.5. The fourth-order valence-electron chi connectivity index (χ4n) is 2.34. The number of hydrogen-bond donors (Lipinski definition) is 1. The first-order valence-corrected chi connectivity index (χ1v) is 7.62. The molecule has 20 heavy (non-hydrogen) atoms. The molecule has 3 heteroatoms. The summed E-state index contributed by atoms with van der Waals surface area (Å²) in [6.07, 6.45) is 2.22. The third-order valence-corrected chi connectivity index (χ3v) is 3.49. The zero-order valence-electron chi connectivity index (χ0n) is 13.2. The van der Waals surface area contributed by atoms with Crippen molar-refractivity contribution in [2.24, 2.45) is 0 Å². The van der Waals surface area contributed by atoms with Crippen molar-refractivity contribution < 1.29 is 9.47 Å². The van der Waals surface area contributed by atoms with Crippen LogP contribution in [0.4, 0.5) is 0 Å². The highest BCUT2D eigenvalue weighted by molar-refractivity contribution is 5.29. The van der Waals surface area contributed by atoms with Gasteiger partial charge in [0.15, 0.2) is 0 Å². The van der Waals surface area contributed by atoms with E-state index in [-0.39, 0.29) is 0 Å². The molecule has 0 amide bonds. The number of hydrogen-bond acceptors (Lipinski definition) is 3. The Labute approximate surface area is 123 Å². The van der Waals surface area contributed by atoms with Crippen molar-refractivity contribution in [1.82, 2.24) is 5.32 Å². The summed E-state index contributed by atoms with van der Waals surface area (Å²) in [6, 6.07) is 8.65. The second kappa shape index (κ2) is 10.8. The fourth-order valence-corrected chi connectivity index (χ4v) is 2.34.